The molecule has 0 fully saturated rings. The van der Waals surface area contributed by atoms with Crippen molar-refractivity contribution in [3.63, 3.8) is 0 Å². The highest BCUT2D eigenvalue weighted by Gasteiger charge is 2.08. The van der Waals surface area contributed by atoms with Crippen molar-refractivity contribution in [2.24, 2.45) is 0 Å². The van der Waals surface area contributed by atoms with E-state index in [4.69, 9.17) is 6.42 Å². The third kappa shape index (κ3) is 3.10. The number of thioether (sulfide) groups is 1. The summed E-state index contributed by atoms with van der Waals surface area (Å²) in [6.07, 6.45) is 8.66. The fourth-order valence-corrected chi connectivity index (χ4v) is 2.48. The first kappa shape index (κ1) is 14.2. The normalized spacial score (nSPS) is 10.3. The molecular formula is C16H12N4OS. The smallest absolute Gasteiger partial charge is 0.191 e. The lowest BCUT2D eigenvalue weighted by Gasteiger charge is -2.10. The van der Waals surface area contributed by atoms with E-state index in [0.29, 0.717) is 16.7 Å². The van der Waals surface area contributed by atoms with Crippen LogP contribution in [0.1, 0.15) is 0 Å². The van der Waals surface area contributed by atoms with Crippen molar-refractivity contribution in [1.29, 1.82) is 0 Å². The molecule has 3 rings (SSSR count). The Kier molecular flexibility index (Phi) is 4.08. The van der Waals surface area contributed by atoms with E-state index in [1.165, 1.54) is 11.8 Å². The van der Waals surface area contributed by atoms with Crippen molar-refractivity contribution in [3.05, 3.63) is 42.7 Å². The number of aromatic hydroxyl groups is 1. The largest absolute Gasteiger partial charge is 0.508 e. The molecule has 0 atom stereocenters. The Balaban J connectivity index is 2.04. The second kappa shape index (κ2) is 6.33. The maximum atomic E-state index is 9.57. The molecule has 0 spiro atoms. The van der Waals surface area contributed by atoms with Gasteiger partial charge in [-0.3, -0.25) is 4.98 Å². The second-order valence-electron chi connectivity index (χ2n) is 4.42. The highest BCUT2D eigenvalue weighted by molar-refractivity contribution is 7.99. The van der Waals surface area contributed by atoms with Gasteiger partial charge in [0.05, 0.1) is 17.5 Å². The van der Waals surface area contributed by atoms with Gasteiger partial charge in [-0.15, -0.1) is 6.42 Å². The van der Waals surface area contributed by atoms with Gasteiger partial charge in [0, 0.05) is 23.3 Å². The Bertz CT molecular complexity index is 860. The molecule has 0 aliphatic rings. The van der Waals surface area contributed by atoms with Crippen molar-refractivity contribution in [3.8, 4) is 18.1 Å². The maximum Gasteiger partial charge on any atom is 0.191 e. The van der Waals surface area contributed by atoms with Crippen LogP contribution in [-0.4, -0.2) is 25.8 Å². The Morgan fingerprint density at radius 2 is 2.18 bits per heavy atom. The van der Waals surface area contributed by atoms with Gasteiger partial charge >= 0.3 is 0 Å². The van der Waals surface area contributed by atoms with Crippen LogP contribution >= 0.6 is 11.8 Å². The topological polar surface area (TPSA) is 70.9 Å². The SMILES string of the molecule is C#CCSc1nc(Nc2cccc(O)c2)c2ccncc2n1. The van der Waals surface area contributed by atoms with E-state index >= 15 is 0 Å². The minimum absolute atomic E-state index is 0.187. The Morgan fingerprint density at radius 1 is 1.27 bits per heavy atom. The molecule has 2 N–H and O–H groups in total. The number of fused-ring (bicyclic) bond motifs is 1. The van der Waals surface area contributed by atoms with Crippen molar-refractivity contribution < 1.29 is 5.11 Å². The zero-order chi connectivity index (χ0) is 15.4. The standard InChI is InChI=1S/C16H12N4OS/c1-2-8-22-16-19-14-10-17-7-6-13(14)15(20-16)18-11-4-3-5-12(21)9-11/h1,3-7,9-10,21H,8H2,(H,18,19,20). The molecule has 2 heterocycles. The molecule has 0 saturated heterocycles. The lowest BCUT2D eigenvalue weighted by Crippen LogP contribution is -1.99. The number of nitrogens with one attached hydrogen (secondary N) is 1. The molecule has 2 aromatic heterocycles. The van der Waals surface area contributed by atoms with Crippen LogP contribution in [0.3, 0.4) is 0 Å². The van der Waals surface area contributed by atoms with Gasteiger partial charge in [0.15, 0.2) is 5.16 Å². The van der Waals surface area contributed by atoms with Gasteiger partial charge in [-0.05, 0) is 18.2 Å². The van der Waals surface area contributed by atoms with Crippen LogP contribution in [-0.2, 0) is 0 Å². The third-order valence-electron chi connectivity index (χ3n) is 2.87. The summed E-state index contributed by atoms with van der Waals surface area (Å²) in [7, 11) is 0. The predicted molar refractivity (Wildman–Crippen MR) is 88.3 cm³/mol. The first-order valence-corrected chi connectivity index (χ1v) is 7.49. The van der Waals surface area contributed by atoms with Crippen LogP contribution in [0.5, 0.6) is 5.75 Å². The molecule has 108 valence electrons. The van der Waals surface area contributed by atoms with Gasteiger partial charge in [-0.1, -0.05) is 23.7 Å². The fourth-order valence-electron chi connectivity index (χ4n) is 1.95. The van der Waals surface area contributed by atoms with Gasteiger partial charge < -0.3 is 10.4 Å². The van der Waals surface area contributed by atoms with Crippen LogP contribution in [0.15, 0.2) is 47.9 Å². The Labute approximate surface area is 131 Å². The predicted octanol–water partition coefficient (Wildman–Crippen LogP) is 3.20. The van der Waals surface area contributed by atoms with Crippen LogP contribution in [0, 0.1) is 12.3 Å². The highest BCUT2D eigenvalue weighted by Crippen LogP contribution is 2.27. The number of aromatic nitrogens is 3. The lowest BCUT2D eigenvalue weighted by atomic mass is 10.2. The number of benzene rings is 1. The molecular weight excluding hydrogens is 296 g/mol. The number of hydrogen-bond acceptors (Lipinski definition) is 6. The summed E-state index contributed by atoms with van der Waals surface area (Å²) >= 11 is 1.39. The summed E-state index contributed by atoms with van der Waals surface area (Å²) in [5.74, 6) is 3.89. The number of terminal acetylenes is 1. The lowest BCUT2D eigenvalue weighted by molar-refractivity contribution is 0.475. The van der Waals surface area contributed by atoms with Crippen LogP contribution in [0.25, 0.3) is 10.9 Å². The number of anilines is 2. The van der Waals surface area contributed by atoms with Gasteiger partial charge in [0.2, 0.25) is 0 Å². The molecule has 22 heavy (non-hydrogen) atoms. The monoisotopic (exact) mass is 308 g/mol. The van der Waals surface area contributed by atoms with Crippen molar-refractivity contribution >= 4 is 34.2 Å². The number of nitrogens with zero attached hydrogens (tertiary/aromatic N) is 3. The van der Waals surface area contributed by atoms with E-state index in [9.17, 15) is 5.11 Å². The van der Waals surface area contributed by atoms with Gasteiger partial charge in [0.25, 0.3) is 0 Å². The number of pyridine rings is 1. The van der Waals surface area contributed by atoms with Crippen LogP contribution in [0.4, 0.5) is 11.5 Å². The number of phenols is 1. The van der Waals surface area contributed by atoms with Gasteiger partial charge in [-0.25, -0.2) is 9.97 Å². The van der Waals surface area contributed by atoms with E-state index in [1.807, 2.05) is 12.1 Å². The summed E-state index contributed by atoms with van der Waals surface area (Å²) in [5, 5.41) is 14.2. The van der Waals surface area contributed by atoms with E-state index in [-0.39, 0.29) is 5.75 Å². The van der Waals surface area contributed by atoms with Crippen molar-refractivity contribution in [1.82, 2.24) is 15.0 Å². The average molecular weight is 308 g/mol. The van der Waals surface area contributed by atoms with E-state index in [2.05, 4.69) is 26.2 Å². The summed E-state index contributed by atoms with van der Waals surface area (Å²) in [6, 6.07) is 8.70. The molecule has 0 saturated carbocycles. The van der Waals surface area contributed by atoms with Crippen molar-refractivity contribution in [2.75, 3.05) is 11.1 Å². The summed E-state index contributed by atoms with van der Waals surface area (Å²) in [6.45, 7) is 0. The first-order valence-electron chi connectivity index (χ1n) is 6.50. The minimum Gasteiger partial charge on any atom is -0.508 e. The molecule has 0 unspecified atom stereocenters. The molecule has 0 bridgehead atoms. The summed E-state index contributed by atoms with van der Waals surface area (Å²) < 4.78 is 0. The highest BCUT2D eigenvalue weighted by atomic mass is 32.2. The van der Waals surface area contributed by atoms with Gasteiger partial charge in [0.1, 0.15) is 11.6 Å². The minimum atomic E-state index is 0.187. The quantitative estimate of drug-likeness (QED) is 0.438. The molecule has 3 aromatic rings. The molecule has 1 aromatic carbocycles. The molecule has 0 aliphatic carbocycles. The third-order valence-corrected chi connectivity index (χ3v) is 3.62. The second-order valence-corrected chi connectivity index (χ2v) is 5.36. The summed E-state index contributed by atoms with van der Waals surface area (Å²) in [4.78, 5) is 13.0. The maximum absolute atomic E-state index is 9.57. The van der Waals surface area contributed by atoms with Crippen molar-refractivity contribution in [2.45, 2.75) is 5.16 Å². The van der Waals surface area contributed by atoms with Crippen LogP contribution in [0.2, 0.25) is 0 Å². The van der Waals surface area contributed by atoms with E-state index in [1.54, 1.807) is 30.6 Å². The zero-order valence-corrected chi connectivity index (χ0v) is 12.3. The molecule has 0 radical (unpaired) electrons. The zero-order valence-electron chi connectivity index (χ0n) is 11.5. The molecule has 5 nitrogen and oxygen atoms in total. The first-order chi connectivity index (χ1) is 10.8. The van der Waals surface area contributed by atoms with E-state index in [0.717, 1.165) is 16.6 Å². The fraction of sp³-hybridized carbons (Fsp3) is 0.0625. The molecule has 6 heteroatoms. The number of phenolic OH excluding ortho intramolecular Hbond substituents is 1. The number of rotatable bonds is 4. The molecule has 0 amide bonds. The Morgan fingerprint density at radius 3 is 3.00 bits per heavy atom. The molecule has 0 aliphatic heterocycles. The Hall–Kier alpha value is -2.78. The summed E-state index contributed by atoms with van der Waals surface area (Å²) in [5.41, 5.74) is 1.48. The van der Waals surface area contributed by atoms with E-state index < -0.39 is 0 Å². The van der Waals surface area contributed by atoms with Crippen LogP contribution < -0.4 is 5.32 Å². The average Bonchev–Trinajstić information content (AvgIpc) is 2.53. The number of hydrogen-bond donors (Lipinski definition) is 2. The van der Waals surface area contributed by atoms with Gasteiger partial charge in [-0.2, -0.15) is 0 Å².